The fourth-order valence-corrected chi connectivity index (χ4v) is 2.30. The second kappa shape index (κ2) is 5.19. The molecule has 1 aromatic carbocycles. The zero-order valence-corrected chi connectivity index (χ0v) is 11.7. The lowest BCUT2D eigenvalue weighted by atomic mass is 10.2. The lowest BCUT2D eigenvalue weighted by Crippen LogP contribution is -1.98. The first-order valence-electron chi connectivity index (χ1n) is 5.50. The van der Waals surface area contributed by atoms with Crippen molar-refractivity contribution in [1.82, 2.24) is 4.98 Å². The lowest BCUT2D eigenvalue weighted by Gasteiger charge is -2.09. The maximum absolute atomic E-state index is 9.06. The molecular weight excluding hydrogens is 290 g/mol. The number of nitrogens with zero attached hydrogens (tertiary/aromatic N) is 2. The Morgan fingerprint density at radius 3 is 2.67 bits per heavy atom. The molecule has 0 spiro atoms. The van der Waals surface area contributed by atoms with Crippen LogP contribution in [0.2, 0.25) is 0 Å². The molecule has 4 heteroatoms. The number of hydrogen-bond acceptors (Lipinski definition) is 3. The number of aromatic nitrogens is 1. The molecule has 0 radical (unpaired) electrons. The van der Waals surface area contributed by atoms with Gasteiger partial charge in [0.2, 0.25) is 0 Å². The Labute approximate surface area is 115 Å². The average Bonchev–Trinajstić information content (AvgIpc) is 2.27. The molecule has 0 aliphatic heterocycles. The Hall–Kier alpha value is -1.86. The van der Waals surface area contributed by atoms with Crippen molar-refractivity contribution in [3.63, 3.8) is 0 Å². The standard InChI is InChI=1S/C14H12BrN3/c1-9-5-12(15)7-13(6-9)18-14-11(8-16)4-3-10(2)17-14/h3-7H,1-2H3,(H,17,18). The molecule has 2 aromatic rings. The van der Waals surface area contributed by atoms with Gasteiger partial charge in [0.15, 0.2) is 0 Å². The Morgan fingerprint density at radius 1 is 1.22 bits per heavy atom. The van der Waals surface area contributed by atoms with Crippen LogP contribution in [0, 0.1) is 25.2 Å². The summed E-state index contributed by atoms with van der Waals surface area (Å²) >= 11 is 3.45. The van der Waals surface area contributed by atoms with Crippen molar-refractivity contribution in [3.05, 3.63) is 51.6 Å². The van der Waals surface area contributed by atoms with E-state index in [0.29, 0.717) is 11.4 Å². The van der Waals surface area contributed by atoms with Gasteiger partial charge < -0.3 is 5.32 Å². The van der Waals surface area contributed by atoms with E-state index >= 15 is 0 Å². The fourth-order valence-electron chi connectivity index (χ4n) is 1.69. The molecule has 0 aliphatic carbocycles. The van der Waals surface area contributed by atoms with E-state index in [2.05, 4.69) is 32.3 Å². The van der Waals surface area contributed by atoms with Crippen LogP contribution >= 0.6 is 15.9 Å². The number of rotatable bonds is 2. The molecule has 0 unspecified atom stereocenters. The fraction of sp³-hybridized carbons (Fsp3) is 0.143. The van der Waals surface area contributed by atoms with Crippen molar-refractivity contribution in [3.8, 4) is 6.07 Å². The zero-order valence-electron chi connectivity index (χ0n) is 10.2. The summed E-state index contributed by atoms with van der Waals surface area (Å²) in [4.78, 5) is 4.35. The number of halogens is 1. The van der Waals surface area contributed by atoms with Gasteiger partial charge in [0.05, 0.1) is 5.56 Å². The average molecular weight is 302 g/mol. The van der Waals surface area contributed by atoms with Crippen molar-refractivity contribution in [1.29, 1.82) is 5.26 Å². The zero-order chi connectivity index (χ0) is 13.1. The predicted molar refractivity (Wildman–Crippen MR) is 75.9 cm³/mol. The van der Waals surface area contributed by atoms with Gasteiger partial charge in [0.25, 0.3) is 0 Å². The molecule has 2 rings (SSSR count). The molecule has 0 saturated heterocycles. The van der Waals surface area contributed by atoms with Crippen molar-refractivity contribution in [2.24, 2.45) is 0 Å². The van der Waals surface area contributed by atoms with Gasteiger partial charge in [0, 0.05) is 15.9 Å². The molecule has 1 N–H and O–H groups in total. The molecule has 1 aromatic heterocycles. The second-order valence-corrected chi connectivity index (χ2v) is 5.02. The molecule has 90 valence electrons. The summed E-state index contributed by atoms with van der Waals surface area (Å²) in [7, 11) is 0. The van der Waals surface area contributed by atoms with Crippen LogP contribution in [0.15, 0.2) is 34.8 Å². The first-order chi connectivity index (χ1) is 8.58. The SMILES string of the molecule is Cc1cc(Br)cc(Nc2nc(C)ccc2C#N)c1. The van der Waals surface area contributed by atoms with Gasteiger partial charge in [0.1, 0.15) is 11.9 Å². The van der Waals surface area contributed by atoms with Crippen LogP contribution in [0.5, 0.6) is 0 Å². The number of pyridine rings is 1. The lowest BCUT2D eigenvalue weighted by molar-refractivity contribution is 1.19. The summed E-state index contributed by atoms with van der Waals surface area (Å²) in [5.74, 6) is 0.593. The molecule has 0 atom stereocenters. The monoisotopic (exact) mass is 301 g/mol. The number of nitriles is 1. The quantitative estimate of drug-likeness (QED) is 0.909. The predicted octanol–water partition coefficient (Wildman–Crippen LogP) is 4.08. The van der Waals surface area contributed by atoms with Crippen molar-refractivity contribution in [2.75, 3.05) is 5.32 Å². The minimum absolute atomic E-state index is 0.540. The largest absolute Gasteiger partial charge is 0.339 e. The van der Waals surface area contributed by atoms with Crippen molar-refractivity contribution >= 4 is 27.4 Å². The third kappa shape index (κ3) is 2.88. The van der Waals surface area contributed by atoms with Gasteiger partial charge in [-0.15, -0.1) is 0 Å². The second-order valence-electron chi connectivity index (χ2n) is 4.10. The van der Waals surface area contributed by atoms with Crippen molar-refractivity contribution in [2.45, 2.75) is 13.8 Å². The van der Waals surface area contributed by atoms with Crippen LogP contribution in [-0.4, -0.2) is 4.98 Å². The first kappa shape index (κ1) is 12.6. The summed E-state index contributed by atoms with van der Waals surface area (Å²) in [5, 5.41) is 12.2. The minimum atomic E-state index is 0.540. The highest BCUT2D eigenvalue weighted by molar-refractivity contribution is 9.10. The summed E-state index contributed by atoms with van der Waals surface area (Å²) in [6, 6.07) is 11.7. The van der Waals surface area contributed by atoms with Crippen LogP contribution in [0.3, 0.4) is 0 Å². The number of anilines is 2. The van der Waals surface area contributed by atoms with E-state index in [9.17, 15) is 0 Å². The summed E-state index contributed by atoms with van der Waals surface area (Å²) in [6.07, 6.45) is 0. The van der Waals surface area contributed by atoms with Crippen LogP contribution in [0.1, 0.15) is 16.8 Å². The normalized spacial score (nSPS) is 9.89. The third-order valence-electron chi connectivity index (χ3n) is 2.46. The Kier molecular flexibility index (Phi) is 3.63. The number of nitrogens with one attached hydrogen (secondary N) is 1. The molecule has 0 fully saturated rings. The van der Waals surface area contributed by atoms with Crippen molar-refractivity contribution < 1.29 is 0 Å². The van der Waals surface area contributed by atoms with E-state index < -0.39 is 0 Å². The molecular formula is C14H12BrN3. The number of benzene rings is 1. The van der Waals surface area contributed by atoms with Crippen LogP contribution in [0.4, 0.5) is 11.5 Å². The maximum Gasteiger partial charge on any atom is 0.148 e. The van der Waals surface area contributed by atoms with E-state index in [4.69, 9.17) is 5.26 Å². The summed E-state index contributed by atoms with van der Waals surface area (Å²) in [5.41, 5.74) is 3.47. The highest BCUT2D eigenvalue weighted by Gasteiger charge is 2.05. The molecule has 1 heterocycles. The van der Waals surface area contributed by atoms with E-state index in [0.717, 1.165) is 21.4 Å². The molecule has 3 nitrogen and oxygen atoms in total. The van der Waals surface area contributed by atoms with Crippen LogP contribution in [0.25, 0.3) is 0 Å². The minimum Gasteiger partial charge on any atom is -0.339 e. The molecule has 0 aliphatic rings. The highest BCUT2D eigenvalue weighted by Crippen LogP contribution is 2.23. The third-order valence-corrected chi connectivity index (χ3v) is 2.92. The van der Waals surface area contributed by atoms with E-state index in [1.807, 2.05) is 38.1 Å². The Bertz CT molecular complexity index is 609. The first-order valence-corrected chi connectivity index (χ1v) is 6.30. The summed E-state index contributed by atoms with van der Waals surface area (Å²) in [6.45, 7) is 3.92. The molecule has 0 amide bonds. The molecule has 18 heavy (non-hydrogen) atoms. The van der Waals surface area contributed by atoms with Crippen LogP contribution < -0.4 is 5.32 Å². The Morgan fingerprint density at radius 2 is 2.00 bits per heavy atom. The van der Waals surface area contributed by atoms with Gasteiger partial charge in [-0.05, 0) is 49.7 Å². The smallest absolute Gasteiger partial charge is 0.148 e. The maximum atomic E-state index is 9.06. The van der Waals surface area contributed by atoms with Gasteiger partial charge in [-0.3, -0.25) is 0 Å². The van der Waals surface area contributed by atoms with Gasteiger partial charge in [-0.2, -0.15) is 5.26 Å². The molecule has 0 saturated carbocycles. The summed E-state index contributed by atoms with van der Waals surface area (Å²) < 4.78 is 0.996. The van der Waals surface area contributed by atoms with Gasteiger partial charge >= 0.3 is 0 Å². The van der Waals surface area contributed by atoms with Crippen LogP contribution in [-0.2, 0) is 0 Å². The van der Waals surface area contributed by atoms with E-state index in [-0.39, 0.29) is 0 Å². The Balaban J connectivity index is 2.39. The van der Waals surface area contributed by atoms with E-state index in [1.165, 1.54) is 0 Å². The topological polar surface area (TPSA) is 48.7 Å². The van der Waals surface area contributed by atoms with Gasteiger partial charge in [-0.25, -0.2) is 4.98 Å². The number of hydrogen-bond donors (Lipinski definition) is 1. The highest BCUT2D eigenvalue weighted by atomic mass is 79.9. The molecule has 0 bridgehead atoms. The number of aryl methyl sites for hydroxylation is 2. The van der Waals surface area contributed by atoms with Gasteiger partial charge in [-0.1, -0.05) is 15.9 Å². The van der Waals surface area contributed by atoms with E-state index in [1.54, 1.807) is 6.07 Å².